The van der Waals surface area contributed by atoms with Crippen LogP contribution in [0.2, 0.25) is 18.1 Å². The lowest BCUT2D eigenvalue weighted by Crippen LogP contribution is -2.19. The zero-order valence-electron chi connectivity index (χ0n) is 13.6. The highest BCUT2D eigenvalue weighted by Crippen LogP contribution is 2.35. The summed E-state index contributed by atoms with van der Waals surface area (Å²) in [6.07, 6.45) is 3.97. The maximum absolute atomic E-state index is 13.4. The first-order chi connectivity index (χ1) is 11.2. The highest BCUT2D eigenvalue weighted by Gasteiger charge is 2.22. The Bertz CT molecular complexity index is 643. The smallest absolute Gasteiger partial charge is 0.159 e. The van der Waals surface area contributed by atoms with E-state index in [-0.39, 0.29) is 8.80 Å². The molecule has 2 aromatic rings. The average Bonchev–Trinajstić information content (AvgIpc) is 2.59. The first-order valence-electron chi connectivity index (χ1n) is 8.56. The minimum atomic E-state index is -0.794. The predicted octanol–water partition coefficient (Wildman–Crippen LogP) is 6.41. The first kappa shape index (κ1) is 16.4. The zero-order valence-corrected chi connectivity index (χ0v) is 14.6. The molecule has 0 saturated carbocycles. The molecule has 121 valence electrons. The molecule has 0 atom stereocenters. The summed E-state index contributed by atoms with van der Waals surface area (Å²) in [5, 5.41) is 0. The molecular weight excluding hydrogens is 306 g/mol. The number of benzene rings is 2. The summed E-state index contributed by atoms with van der Waals surface area (Å²) >= 11 is 0. The molecule has 0 aliphatic carbocycles. The first-order valence-corrected chi connectivity index (χ1v) is 10.7. The molecule has 23 heavy (non-hydrogen) atoms. The van der Waals surface area contributed by atoms with Gasteiger partial charge >= 0.3 is 0 Å². The van der Waals surface area contributed by atoms with Gasteiger partial charge in [0.1, 0.15) is 0 Å². The molecule has 0 N–H and O–H groups in total. The Hall–Kier alpha value is -1.48. The number of hydrogen-bond donors (Lipinski definition) is 0. The van der Waals surface area contributed by atoms with Crippen molar-refractivity contribution < 1.29 is 8.78 Å². The van der Waals surface area contributed by atoms with Gasteiger partial charge in [0.15, 0.2) is 11.6 Å². The van der Waals surface area contributed by atoms with Crippen molar-refractivity contribution in [3.63, 3.8) is 0 Å². The summed E-state index contributed by atoms with van der Waals surface area (Å²) in [6.45, 7) is 2.29. The minimum absolute atomic E-state index is 0.0750. The molecule has 0 amide bonds. The third-order valence-electron chi connectivity index (χ3n) is 4.93. The zero-order chi connectivity index (χ0) is 16.2. The number of hydrogen-bond acceptors (Lipinski definition) is 0. The van der Waals surface area contributed by atoms with Gasteiger partial charge in [-0.25, -0.2) is 8.78 Å². The van der Waals surface area contributed by atoms with E-state index in [2.05, 4.69) is 19.1 Å². The van der Waals surface area contributed by atoms with Gasteiger partial charge in [0, 0.05) is 8.80 Å². The lowest BCUT2D eigenvalue weighted by atomic mass is 9.92. The van der Waals surface area contributed by atoms with E-state index in [0.29, 0.717) is 5.92 Å². The highest BCUT2D eigenvalue weighted by atomic mass is 28.3. The van der Waals surface area contributed by atoms with E-state index >= 15 is 0 Å². The van der Waals surface area contributed by atoms with Gasteiger partial charge in [-0.1, -0.05) is 61.8 Å². The Balaban J connectivity index is 1.69. The molecule has 0 bridgehead atoms. The largest absolute Gasteiger partial charge is 0.204 e. The molecule has 0 spiro atoms. The maximum Gasteiger partial charge on any atom is 0.159 e. The van der Waals surface area contributed by atoms with Gasteiger partial charge in [0.05, 0.1) is 0 Å². The molecule has 1 radical (unpaired) electrons. The second kappa shape index (κ2) is 7.39. The van der Waals surface area contributed by atoms with Crippen LogP contribution in [-0.4, -0.2) is 8.80 Å². The van der Waals surface area contributed by atoms with Crippen molar-refractivity contribution in [2.75, 3.05) is 0 Å². The fourth-order valence-electron chi connectivity index (χ4n) is 3.59. The van der Waals surface area contributed by atoms with E-state index in [1.807, 2.05) is 12.1 Å². The van der Waals surface area contributed by atoms with E-state index in [0.717, 1.165) is 11.1 Å². The van der Waals surface area contributed by atoms with Crippen LogP contribution in [0.4, 0.5) is 8.78 Å². The Morgan fingerprint density at radius 2 is 1.57 bits per heavy atom. The molecule has 3 heteroatoms. The van der Waals surface area contributed by atoms with Crippen LogP contribution in [0.5, 0.6) is 0 Å². The topological polar surface area (TPSA) is 0 Å². The molecule has 1 heterocycles. The van der Waals surface area contributed by atoms with Crippen molar-refractivity contribution in [3.8, 4) is 11.1 Å². The lowest BCUT2D eigenvalue weighted by molar-refractivity contribution is 0.509. The number of halogens is 2. The molecule has 3 rings (SSSR count). The van der Waals surface area contributed by atoms with E-state index < -0.39 is 11.6 Å². The monoisotopic (exact) mass is 329 g/mol. The summed E-state index contributed by atoms with van der Waals surface area (Å²) in [6, 6.07) is 16.8. The van der Waals surface area contributed by atoms with Crippen molar-refractivity contribution in [2.24, 2.45) is 0 Å². The summed E-state index contributed by atoms with van der Waals surface area (Å²) < 4.78 is 26.4. The lowest BCUT2D eigenvalue weighted by Gasteiger charge is -2.27. The second-order valence-corrected chi connectivity index (χ2v) is 9.53. The van der Waals surface area contributed by atoms with Crippen LogP contribution in [0.3, 0.4) is 0 Å². The summed E-state index contributed by atoms with van der Waals surface area (Å²) in [5.41, 5.74) is 3.07. The summed E-state index contributed by atoms with van der Waals surface area (Å²) in [5.74, 6) is -0.902. The fraction of sp³-hybridized carbons (Fsp3) is 0.400. The molecule has 0 unspecified atom stereocenters. The normalized spacial score (nSPS) is 16.7. The van der Waals surface area contributed by atoms with Crippen molar-refractivity contribution in [1.29, 1.82) is 0 Å². The average molecular weight is 329 g/mol. The third-order valence-corrected chi connectivity index (χ3v) is 8.13. The fourth-order valence-corrected chi connectivity index (χ4v) is 6.56. The third kappa shape index (κ3) is 3.89. The van der Waals surface area contributed by atoms with Gasteiger partial charge in [-0.15, -0.1) is 0 Å². The molecule has 1 aliphatic rings. The van der Waals surface area contributed by atoms with Crippen LogP contribution in [0.15, 0.2) is 42.5 Å². The molecule has 1 fully saturated rings. The van der Waals surface area contributed by atoms with Crippen LogP contribution in [-0.2, 0) is 0 Å². The Morgan fingerprint density at radius 1 is 0.913 bits per heavy atom. The van der Waals surface area contributed by atoms with Gasteiger partial charge in [-0.2, -0.15) is 0 Å². The van der Waals surface area contributed by atoms with Crippen LogP contribution in [0, 0.1) is 11.6 Å². The van der Waals surface area contributed by atoms with Gasteiger partial charge < -0.3 is 0 Å². The second-order valence-electron chi connectivity index (χ2n) is 6.53. The van der Waals surface area contributed by atoms with E-state index in [1.165, 1.54) is 55.1 Å². The summed E-state index contributed by atoms with van der Waals surface area (Å²) in [7, 11) is -0.0750. The summed E-state index contributed by atoms with van der Waals surface area (Å²) in [4.78, 5) is 0. The molecule has 0 nitrogen and oxygen atoms in total. The standard InChI is InChI=1S/C20H23F2Si/c1-2-11-23-12-9-17(10-13-23)15-3-5-16(6-4-15)18-7-8-19(21)20(22)14-18/h3-8,14,17H,2,9-13H2,1H3. The van der Waals surface area contributed by atoms with Crippen molar-refractivity contribution >= 4 is 8.80 Å². The molecule has 0 aromatic heterocycles. The SMILES string of the molecule is CCC[Si]1CCC(c2ccc(-c3ccc(F)c(F)c3)cc2)CC1. The van der Waals surface area contributed by atoms with Crippen molar-refractivity contribution in [1.82, 2.24) is 0 Å². The van der Waals surface area contributed by atoms with Crippen LogP contribution in [0.1, 0.15) is 37.7 Å². The predicted molar refractivity (Wildman–Crippen MR) is 94.2 cm³/mol. The van der Waals surface area contributed by atoms with Crippen molar-refractivity contribution in [3.05, 3.63) is 59.7 Å². The Labute approximate surface area is 139 Å². The van der Waals surface area contributed by atoms with Gasteiger partial charge in [-0.05, 0) is 47.6 Å². The quantitative estimate of drug-likeness (QED) is 0.568. The molecule has 2 aromatic carbocycles. The van der Waals surface area contributed by atoms with E-state index in [4.69, 9.17) is 0 Å². The van der Waals surface area contributed by atoms with Gasteiger partial charge in [0.25, 0.3) is 0 Å². The van der Waals surface area contributed by atoms with Gasteiger partial charge in [-0.3, -0.25) is 0 Å². The van der Waals surface area contributed by atoms with Gasteiger partial charge in [0.2, 0.25) is 0 Å². The minimum Gasteiger partial charge on any atom is -0.204 e. The molecular formula is C20H23F2Si. The van der Waals surface area contributed by atoms with Crippen LogP contribution < -0.4 is 0 Å². The molecule has 1 saturated heterocycles. The highest BCUT2D eigenvalue weighted by molar-refractivity contribution is 6.59. The van der Waals surface area contributed by atoms with E-state index in [1.54, 1.807) is 6.07 Å². The Morgan fingerprint density at radius 3 is 2.17 bits per heavy atom. The molecule has 1 aliphatic heterocycles. The Kier molecular flexibility index (Phi) is 5.26. The maximum atomic E-state index is 13.4. The van der Waals surface area contributed by atoms with Crippen molar-refractivity contribution in [2.45, 2.75) is 50.2 Å². The van der Waals surface area contributed by atoms with E-state index in [9.17, 15) is 8.78 Å². The van der Waals surface area contributed by atoms with Crippen LogP contribution in [0.25, 0.3) is 11.1 Å². The van der Waals surface area contributed by atoms with Crippen LogP contribution >= 0.6 is 0 Å². The number of rotatable bonds is 4.